The number of ketones is 1. The maximum Gasteiger partial charge on any atom is 0.344 e. The van der Waals surface area contributed by atoms with Crippen molar-refractivity contribution in [3.8, 4) is 5.75 Å². The third-order valence-corrected chi connectivity index (χ3v) is 5.15. The van der Waals surface area contributed by atoms with Crippen LogP contribution in [0.25, 0.3) is 5.57 Å². The molecule has 0 aliphatic heterocycles. The van der Waals surface area contributed by atoms with Crippen LogP contribution in [0.5, 0.6) is 5.75 Å². The first-order valence-electron chi connectivity index (χ1n) is 10.8. The fraction of sp³-hybridized carbons (Fsp3) is 0.346. The summed E-state index contributed by atoms with van der Waals surface area (Å²) in [5.41, 5.74) is 7.58. The molecule has 0 bridgehead atoms. The van der Waals surface area contributed by atoms with Crippen molar-refractivity contribution in [2.75, 3.05) is 13.2 Å². The molecule has 2 N–H and O–H groups in total. The second-order valence-corrected chi connectivity index (χ2v) is 7.45. The van der Waals surface area contributed by atoms with Gasteiger partial charge in [0.1, 0.15) is 17.6 Å². The highest BCUT2D eigenvalue weighted by Gasteiger charge is 2.22. The van der Waals surface area contributed by atoms with Gasteiger partial charge in [0.25, 0.3) is 0 Å². The maximum atomic E-state index is 12.6. The summed E-state index contributed by atoms with van der Waals surface area (Å²) in [6.07, 6.45) is 13.8. The lowest BCUT2D eigenvalue weighted by molar-refractivity contribution is -0.155. The monoisotopic (exact) mass is 436 g/mol. The molecule has 1 atom stereocenters. The number of hydrogen-bond acceptors (Lipinski definition) is 6. The largest absolute Gasteiger partial charge is 0.482 e. The van der Waals surface area contributed by atoms with Crippen molar-refractivity contribution in [1.82, 2.24) is 0 Å². The summed E-state index contributed by atoms with van der Waals surface area (Å²) >= 11 is 0. The van der Waals surface area contributed by atoms with Crippen LogP contribution in [0.1, 0.15) is 37.7 Å². The van der Waals surface area contributed by atoms with Gasteiger partial charge in [-0.3, -0.25) is 9.79 Å². The van der Waals surface area contributed by atoms with Gasteiger partial charge in [-0.2, -0.15) is 0 Å². The number of nitrogens with two attached hydrogens (primary N) is 1. The van der Waals surface area contributed by atoms with Crippen LogP contribution in [-0.2, 0) is 14.3 Å². The lowest BCUT2D eigenvalue weighted by atomic mass is 9.89. The van der Waals surface area contributed by atoms with E-state index in [1.165, 1.54) is 6.20 Å². The Kier molecular flexibility index (Phi) is 10.9. The Morgan fingerprint density at radius 2 is 2.09 bits per heavy atom. The summed E-state index contributed by atoms with van der Waals surface area (Å²) < 4.78 is 10.9. The summed E-state index contributed by atoms with van der Waals surface area (Å²) in [5.74, 6) is -0.101. The van der Waals surface area contributed by atoms with Gasteiger partial charge in [-0.15, -0.1) is 6.58 Å². The first kappa shape index (κ1) is 25.0. The molecule has 170 valence electrons. The van der Waals surface area contributed by atoms with Crippen LogP contribution in [0.2, 0.25) is 0 Å². The minimum Gasteiger partial charge on any atom is -0.482 e. The summed E-state index contributed by atoms with van der Waals surface area (Å²) in [6.45, 7) is 7.53. The normalized spacial score (nSPS) is 15.3. The summed E-state index contributed by atoms with van der Waals surface area (Å²) in [7, 11) is 0. The van der Waals surface area contributed by atoms with Crippen molar-refractivity contribution >= 4 is 23.5 Å². The van der Waals surface area contributed by atoms with Crippen LogP contribution >= 0.6 is 0 Å². The number of aliphatic imine (C=N–C) groups is 1. The van der Waals surface area contributed by atoms with E-state index in [0.29, 0.717) is 18.7 Å². The molecule has 1 aliphatic carbocycles. The van der Waals surface area contributed by atoms with Gasteiger partial charge in [0.05, 0.1) is 0 Å². The molecule has 1 saturated carbocycles. The topological polar surface area (TPSA) is 91.0 Å². The molecule has 0 aromatic heterocycles. The number of carbonyl (C=O) groups is 2. The molecule has 0 radical (unpaired) electrons. The molecule has 6 heteroatoms. The van der Waals surface area contributed by atoms with Crippen LogP contribution in [0.4, 0.5) is 0 Å². The Balaban J connectivity index is 2.00. The van der Waals surface area contributed by atoms with Gasteiger partial charge in [0.2, 0.25) is 0 Å². The SMILES string of the molecule is C=CN=C/C=C/CC(=O)C(C=C)C/C(=C/CN)c1cccc(OCC(=O)OC2CCC2)c1. The lowest BCUT2D eigenvalue weighted by Gasteiger charge is -2.25. The highest BCUT2D eigenvalue weighted by Crippen LogP contribution is 2.27. The van der Waals surface area contributed by atoms with Crippen molar-refractivity contribution in [3.05, 3.63) is 73.5 Å². The lowest BCUT2D eigenvalue weighted by Crippen LogP contribution is -2.27. The molecule has 0 saturated heterocycles. The number of hydrogen-bond donors (Lipinski definition) is 1. The molecule has 0 amide bonds. The van der Waals surface area contributed by atoms with E-state index in [9.17, 15) is 9.59 Å². The molecule has 1 unspecified atom stereocenters. The number of benzene rings is 1. The third-order valence-electron chi connectivity index (χ3n) is 5.15. The standard InChI is InChI=1S/C26H32N2O4/c1-3-20(25(29)13-5-6-16-28-4-2)17-22(14-15-27)21-9-7-12-24(18-21)31-19-26(30)32-23-10-8-11-23/h3-7,9,12,14,16,18,20,23H,1-2,8,10-11,13,15,17,19,27H2/b6-5+,22-14-,28-16?. The predicted molar refractivity (Wildman–Crippen MR) is 128 cm³/mol. The predicted octanol–water partition coefficient (Wildman–Crippen LogP) is 4.43. The van der Waals surface area contributed by atoms with Crippen molar-refractivity contribution in [3.63, 3.8) is 0 Å². The number of carbonyl (C=O) groups excluding carboxylic acids is 2. The zero-order valence-corrected chi connectivity index (χ0v) is 18.4. The fourth-order valence-corrected chi connectivity index (χ4v) is 3.17. The van der Waals surface area contributed by atoms with E-state index in [-0.39, 0.29) is 36.8 Å². The third kappa shape index (κ3) is 8.47. The number of nitrogens with zero attached hydrogens (tertiary/aromatic N) is 1. The van der Waals surface area contributed by atoms with Gasteiger partial charge in [-0.25, -0.2) is 4.79 Å². The van der Waals surface area contributed by atoms with Crippen molar-refractivity contribution in [2.24, 2.45) is 16.6 Å². The van der Waals surface area contributed by atoms with Crippen LogP contribution in [0.15, 0.2) is 72.9 Å². The summed E-state index contributed by atoms with van der Waals surface area (Å²) in [6, 6.07) is 7.40. The van der Waals surface area contributed by atoms with Crippen LogP contribution in [0, 0.1) is 5.92 Å². The number of esters is 1. The molecule has 0 heterocycles. The summed E-state index contributed by atoms with van der Waals surface area (Å²) in [5, 5.41) is 0. The fourth-order valence-electron chi connectivity index (χ4n) is 3.17. The molecule has 1 aliphatic rings. The first-order valence-corrected chi connectivity index (χ1v) is 10.8. The number of allylic oxidation sites excluding steroid dienone is 4. The Labute approximate surface area is 190 Å². The Morgan fingerprint density at radius 3 is 2.75 bits per heavy atom. The molecular weight excluding hydrogens is 404 g/mol. The molecular formula is C26H32N2O4. The van der Waals surface area contributed by atoms with Gasteiger partial charge >= 0.3 is 5.97 Å². The molecule has 32 heavy (non-hydrogen) atoms. The van der Waals surface area contributed by atoms with E-state index >= 15 is 0 Å². The van der Waals surface area contributed by atoms with Crippen LogP contribution in [-0.4, -0.2) is 37.2 Å². The number of rotatable bonds is 14. The second kappa shape index (κ2) is 13.9. The van der Waals surface area contributed by atoms with Crippen molar-refractivity contribution in [2.45, 2.75) is 38.2 Å². The van der Waals surface area contributed by atoms with Crippen LogP contribution in [0.3, 0.4) is 0 Å². The van der Waals surface area contributed by atoms with E-state index < -0.39 is 0 Å². The van der Waals surface area contributed by atoms with E-state index in [1.807, 2.05) is 24.3 Å². The van der Waals surface area contributed by atoms with Gasteiger partial charge in [0, 0.05) is 31.3 Å². The highest BCUT2D eigenvalue weighted by molar-refractivity contribution is 5.87. The number of ether oxygens (including phenoxy) is 2. The molecule has 1 aromatic rings. The molecule has 0 spiro atoms. The van der Waals surface area contributed by atoms with E-state index in [2.05, 4.69) is 18.2 Å². The van der Waals surface area contributed by atoms with Gasteiger partial charge < -0.3 is 15.2 Å². The summed E-state index contributed by atoms with van der Waals surface area (Å²) in [4.78, 5) is 28.4. The average Bonchev–Trinajstić information content (AvgIpc) is 2.77. The Morgan fingerprint density at radius 1 is 1.28 bits per heavy atom. The zero-order valence-electron chi connectivity index (χ0n) is 18.4. The van der Waals surface area contributed by atoms with E-state index in [1.54, 1.807) is 30.5 Å². The zero-order chi connectivity index (χ0) is 23.2. The minimum atomic E-state index is -0.360. The average molecular weight is 437 g/mol. The minimum absolute atomic E-state index is 0.0361. The van der Waals surface area contributed by atoms with E-state index in [4.69, 9.17) is 15.2 Å². The second-order valence-electron chi connectivity index (χ2n) is 7.45. The van der Waals surface area contributed by atoms with Crippen molar-refractivity contribution in [1.29, 1.82) is 0 Å². The van der Waals surface area contributed by atoms with Crippen LogP contribution < -0.4 is 10.5 Å². The van der Waals surface area contributed by atoms with Gasteiger partial charge in [-0.1, -0.05) is 36.9 Å². The maximum absolute atomic E-state index is 12.6. The molecule has 1 fully saturated rings. The molecule has 1 aromatic carbocycles. The quantitative estimate of drug-likeness (QED) is 0.265. The first-order chi connectivity index (χ1) is 15.6. The Bertz CT molecular complexity index is 882. The van der Waals surface area contributed by atoms with Crippen molar-refractivity contribution < 1.29 is 19.1 Å². The highest BCUT2D eigenvalue weighted by atomic mass is 16.6. The van der Waals surface area contributed by atoms with Gasteiger partial charge in [0.15, 0.2) is 6.61 Å². The number of Topliss-reactive ketones (excluding diaryl/α,β-unsaturated/α-hetero) is 1. The molecule has 2 rings (SSSR count). The molecule has 6 nitrogen and oxygen atoms in total. The Hall–Kier alpha value is -3.25. The van der Waals surface area contributed by atoms with Gasteiger partial charge in [-0.05, 0) is 55.0 Å². The smallest absolute Gasteiger partial charge is 0.344 e. The van der Waals surface area contributed by atoms with E-state index in [0.717, 1.165) is 30.4 Å².